The Labute approximate surface area is 136 Å². The summed E-state index contributed by atoms with van der Waals surface area (Å²) in [5.74, 6) is 0. The van der Waals surface area contributed by atoms with Gasteiger partial charge in [0.25, 0.3) is 0 Å². The Balaban J connectivity index is 0. The van der Waals surface area contributed by atoms with Crippen LogP contribution in [0.4, 0.5) is 0 Å². The van der Waals surface area contributed by atoms with Crippen LogP contribution in [-0.2, 0) is 0 Å². The van der Waals surface area contributed by atoms with Crippen molar-refractivity contribution in [1.29, 1.82) is 0 Å². The van der Waals surface area contributed by atoms with Crippen molar-refractivity contribution in [2.75, 3.05) is 6.54 Å². The number of pyridine rings is 1. The number of hydrogen-bond donors (Lipinski definition) is 1. The zero-order valence-electron chi connectivity index (χ0n) is 13.1. The zero-order valence-corrected chi connectivity index (χ0v) is 14.8. The van der Waals surface area contributed by atoms with E-state index in [0.29, 0.717) is 0 Å². The normalized spacial score (nSPS) is 9.30. The number of halogens is 1. The summed E-state index contributed by atoms with van der Waals surface area (Å²) in [7, 11) is 0. The molecule has 0 aliphatic heterocycles. The second-order valence-corrected chi connectivity index (χ2v) is 5.00. The second-order valence-electron chi connectivity index (χ2n) is 5.00. The lowest BCUT2D eigenvalue weighted by Crippen LogP contribution is -1.97. The van der Waals surface area contributed by atoms with Gasteiger partial charge >= 0.3 is 0 Å². The molecule has 1 aromatic heterocycles. The van der Waals surface area contributed by atoms with Gasteiger partial charge in [-0.15, -0.1) is 17.0 Å². The lowest BCUT2D eigenvalue weighted by Gasteiger charge is -2.00. The highest BCUT2D eigenvalue weighted by molar-refractivity contribution is 8.93. The minimum absolute atomic E-state index is 0. The van der Waals surface area contributed by atoms with E-state index in [1.165, 1.54) is 64.2 Å². The molecule has 20 heavy (non-hydrogen) atoms. The van der Waals surface area contributed by atoms with Gasteiger partial charge in [-0.05, 0) is 25.1 Å². The van der Waals surface area contributed by atoms with Crippen molar-refractivity contribution in [3.8, 4) is 0 Å². The van der Waals surface area contributed by atoms with Crippen molar-refractivity contribution >= 4 is 17.0 Å². The van der Waals surface area contributed by atoms with Crippen LogP contribution in [0.15, 0.2) is 30.6 Å². The first kappa shape index (κ1) is 21.9. The van der Waals surface area contributed by atoms with Crippen molar-refractivity contribution in [2.24, 2.45) is 5.73 Å². The van der Waals surface area contributed by atoms with Gasteiger partial charge in [0.05, 0.1) is 0 Å². The first-order valence-corrected chi connectivity index (χ1v) is 7.97. The third-order valence-electron chi connectivity index (χ3n) is 3.12. The maximum absolute atomic E-state index is 5.42. The van der Waals surface area contributed by atoms with Gasteiger partial charge in [-0.3, -0.25) is 4.98 Å². The maximum atomic E-state index is 5.42. The molecule has 0 amide bonds. The van der Waals surface area contributed by atoms with Crippen LogP contribution in [0.25, 0.3) is 0 Å². The van der Waals surface area contributed by atoms with Gasteiger partial charge in [0.15, 0.2) is 0 Å². The largest absolute Gasteiger partial charge is 0.330 e. The molecule has 0 fully saturated rings. The molecule has 0 radical (unpaired) electrons. The number of nitrogens with zero attached hydrogens (tertiary/aromatic N) is 1. The van der Waals surface area contributed by atoms with Crippen LogP contribution in [0.2, 0.25) is 0 Å². The van der Waals surface area contributed by atoms with Crippen LogP contribution in [0.1, 0.15) is 71.1 Å². The summed E-state index contributed by atoms with van der Waals surface area (Å²) < 4.78 is 0. The van der Waals surface area contributed by atoms with Crippen LogP contribution in [0.5, 0.6) is 0 Å². The lowest BCUT2D eigenvalue weighted by molar-refractivity contribution is 0.558. The van der Waals surface area contributed by atoms with E-state index in [1.807, 2.05) is 18.2 Å². The maximum Gasteiger partial charge on any atom is 0.0267 e. The van der Waals surface area contributed by atoms with E-state index in [0.717, 1.165) is 6.54 Å². The van der Waals surface area contributed by atoms with Crippen LogP contribution < -0.4 is 5.73 Å². The third-order valence-corrected chi connectivity index (χ3v) is 3.12. The number of nitrogens with two attached hydrogens (primary N) is 1. The van der Waals surface area contributed by atoms with E-state index in [9.17, 15) is 0 Å². The molecule has 0 aliphatic carbocycles. The predicted molar refractivity (Wildman–Crippen MR) is 95.5 cm³/mol. The highest BCUT2D eigenvalue weighted by Crippen LogP contribution is 2.09. The summed E-state index contributed by atoms with van der Waals surface area (Å²) in [4.78, 5) is 3.78. The molecule has 1 rings (SSSR count). The second kappa shape index (κ2) is 20.9. The highest BCUT2D eigenvalue weighted by atomic mass is 79.9. The van der Waals surface area contributed by atoms with Crippen molar-refractivity contribution in [3.63, 3.8) is 0 Å². The zero-order chi connectivity index (χ0) is 14.0. The molecule has 0 unspecified atom stereocenters. The topological polar surface area (TPSA) is 38.9 Å². The van der Waals surface area contributed by atoms with E-state index < -0.39 is 0 Å². The van der Waals surface area contributed by atoms with Crippen LogP contribution in [0, 0.1) is 0 Å². The summed E-state index contributed by atoms with van der Waals surface area (Å²) in [6, 6.07) is 5.72. The minimum atomic E-state index is 0. The van der Waals surface area contributed by atoms with E-state index in [2.05, 4.69) is 11.9 Å². The molecule has 0 atom stereocenters. The van der Waals surface area contributed by atoms with Gasteiger partial charge in [-0.1, -0.05) is 70.8 Å². The summed E-state index contributed by atoms with van der Waals surface area (Å²) >= 11 is 0. The Kier molecular flexibility index (Phi) is 22.9. The van der Waals surface area contributed by atoms with Gasteiger partial charge < -0.3 is 5.73 Å². The molecule has 118 valence electrons. The molecule has 1 aromatic rings. The highest BCUT2D eigenvalue weighted by Gasteiger charge is 1.91. The average Bonchev–Trinajstić information content (AvgIpc) is 2.48. The number of aromatic nitrogens is 1. The van der Waals surface area contributed by atoms with Crippen LogP contribution in [-0.4, -0.2) is 11.5 Å². The summed E-state index contributed by atoms with van der Waals surface area (Å²) in [5, 5.41) is 0. The van der Waals surface area contributed by atoms with Crippen molar-refractivity contribution in [2.45, 2.75) is 71.1 Å². The molecule has 1 heterocycles. The Morgan fingerprint density at radius 1 is 0.700 bits per heavy atom. The third kappa shape index (κ3) is 19.9. The molecule has 0 bridgehead atoms. The molecule has 0 aromatic carbocycles. The molecule has 0 aliphatic rings. The first-order chi connectivity index (χ1) is 9.41. The fourth-order valence-corrected chi connectivity index (χ4v) is 1.94. The SMILES string of the molecule is Br.CCCCCCCCCCCCN.c1ccncc1. The molecule has 0 spiro atoms. The lowest BCUT2D eigenvalue weighted by atomic mass is 10.1. The molecule has 0 saturated carbocycles. The van der Waals surface area contributed by atoms with E-state index >= 15 is 0 Å². The molecule has 0 saturated heterocycles. The quantitative estimate of drug-likeness (QED) is 0.567. The number of hydrogen-bond acceptors (Lipinski definition) is 2. The van der Waals surface area contributed by atoms with Crippen molar-refractivity contribution in [3.05, 3.63) is 30.6 Å². The fourth-order valence-electron chi connectivity index (χ4n) is 1.94. The van der Waals surface area contributed by atoms with Gasteiger partial charge in [0, 0.05) is 12.4 Å². The summed E-state index contributed by atoms with van der Waals surface area (Å²) in [6.07, 6.45) is 17.4. The van der Waals surface area contributed by atoms with Crippen LogP contribution in [0.3, 0.4) is 0 Å². The Morgan fingerprint density at radius 2 is 1.15 bits per heavy atom. The smallest absolute Gasteiger partial charge is 0.0267 e. The van der Waals surface area contributed by atoms with Gasteiger partial charge in [0.1, 0.15) is 0 Å². The van der Waals surface area contributed by atoms with Gasteiger partial charge in [-0.2, -0.15) is 0 Å². The number of unbranched alkanes of at least 4 members (excludes halogenated alkanes) is 9. The first-order valence-electron chi connectivity index (χ1n) is 7.97. The number of rotatable bonds is 10. The molecule has 2 nitrogen and oxygen atoms in total. The van der Waals surface area contributed by atoms with E-state index in [4.69, 9.17) is 5.73 Å². The average molecular weight is 345 g/mol. The summed E-state index contributed by atoms with van der Waals surface area (Å²) in [6.45, 7) is 3.14. The molecule has 3 heteroatoms. The molecular formula is C17H33BrN2. The molecule has 2 N–H and O–H groups in total. The van der Waals surface area contributed by atoms with Crippen molar-refractivity contribution < 1.29 is 0 Å². The Bertz CT molecular complexity index is 205. The van der Waals surface area contributed by atoms with Gasteiger partial charge in [0.2, 0.25) is 0 Å². The Hall–Kier alpha value is -0.410. The molecular weight excluding hydrogens is 312 g/mol. The van der Waals surface area contributed by atoms with Crippen LogP contribution >= 0.6 is 17.0 Å². The Morgan fingerprint density at radius 3 is 1.45 bits per heavy atom. The van der Waals surface area contributed by atoms with Crippen molar-refractivity contribution in [1.82, 2.24) is 4.98 Å². The summed E-state index contributed by atoms with van der Waals surface area (Å²) in [5.41, 5.74) is 5.42. The van der Waals surface area contributed by atoms with E-state index in [-0.39, 0.29) is 17.0 Å². The van der Waals surface area contributed by atoms with Gasteiger partial charge in [-0.25, -0.2) is 0 Å². The standard InChI is InChI=1S/C12H27N.C5H5N.BrH/c1-2-3-4-5-6-7-8-9-10-11-12-13;1-2-4-6-5-3-1;/h2-13H2,1H3;1-5H;1H. The minimum Gasteiger partial charge on any atom is -0.330 e. The fraction of sp³-hybridized carbons (Fsp3) is 0.706. The predicted octanol–water partition coefficient (Wildman–Crippen LogP) is 5.53. The monoisotopic (exact) mass is 344 g/mol. The van der Waals surface area contributed by atoms with E-state index in [1.54, 1.807) is 12.4 Å².